The van der Waals surface area contributed by atoms with Crippen molar-refractivity contribution in [1.82, 2.24) is 9.88 Å². The van der Waals surface area contributed by atoms with E-state index in [1.54, 1.807) is 11.3 Å². The molecular weight excluding hydrogens is 218 g/mol. The minimum absolute atomic E-state index is 0.691. The number of nitrogens with zero attached hydrogens (tertiary/aromatic N) is 2. The van der Waals surface area contributed by atoms with Crippen LogP contribution in [0.2, 0.25) is 0 Å². The van der Waals surface area contributed by atoms with Gasteiger partial charge in [0.1, 0.15) is 0 Å². The quantitative estimate of drug-likeness (QED) is 0.878. The van der Waals surface area contributed by atoms with E-state index in [9.17, 15) is 0 Å². The largest absolute Gasteiger partial charge is 0.375 e. The third kappa shape index (κ3) is 3.19. The van der Waals surface area contributed by atoms with Gasteiger partial charge in [0, 0.05) is 11.9 Å². The van der Waals surface area contributed by atoms with Gasteiger partial charge in [-0.25, -0.2) is 4.98 Å². The van der Waals surface area contributed by atoms with Gasteiger partial charge >= 0.3 is 0 Å². The van der Waals surface area contributed by atoms with E-state index in [4.69, 9.17) is 5.73 Å². The van der Waals surface area contributed by atoms with E-state index in [1.165, 1.54) is 38.8 Å². The monoisotopic (exact) mass is 239 g/mol. The van der Waals surface area contributed by atoms with Gasteiger partial charge in [-0.3, -0.25) is 4.90 Å². The number of nitrogens with two attached hydrogens (primary N) is 1. The summed E-state index contributed by atoms with van der Waals surface area (Å²) in [7, 11) is 0. The number of hydrogen-bond donors (Lipinski definition) is 1. The van der Waals surface area contributed by atoms with Crippen LogP contribution in [0.15, 0.2) is 5.38 Å². The van der Waals surface area contributed by atoms with E-state index in [2.05, 4.69) is 22.2 Å². The van der Waals surface area contributed by atoms with Crippen LogP contribution in [0, 0.1) is 5.92 Å². The summed E-state index contributed by atoms with van der Waals surface area (Å²) in [5.41, 5.74) is 6.77. The summed E-state index contributed by atoms with van der Waals surface area (Å²) < 4.78 is 0. The standard InChI is InChI=1S/C12H21N3S/c1-2-3-10-4-6-15(7-5-10)8-11-9-16-12(13)14-11/h9-10H,2-8H2,1H3,(H2,13,14). The second-order valence-electron chi connectivity index (χ2n) is 4.69. The predicted molar refractivity (Wildman–Crippen MR) is 69.4 cm³/mol. The average molecular weight is 239 g/mol. The fourth-order valence-corrected chi connectivity index (χ4v) is 3.02. The molecule has 2 heterocycles. The third-order valence-corrected chi connectivity index (χ3v) is 4.08. The van der Waals surface area contributed by atoms with Gasteiger partial charge in [-0.05, 0) is 31.8 Å². The van der Waals surface area contributed by atoms with E-state index in [0.29, 0.717) is 5.13 Å². The van der Waals surface area contributed by atoms with E-state index in [-0.39, 0.29) is 0 Å². The molecule has 0 bridgehead atoms. The molecule has 1 aliphatic rings. The summed E-state index contributed by atoms with van der Waals surface area (Å²) in [5.74, 6) is 0.960. The molecule has 0 unspecified atom stereocenters. The Bertz CT molecular complexity index is 316. The van der Waals surface area contributed by atoms with E-state index in [0.717, 1.165) is 18.2 Å². The minimum atomic E-state index is 0.691. The van der Waals surface area contributed by atoms with Crippen LogP contribution in [0.25, 0.3) is 0 Å². The molecule has 0 aromatic carbocycles. The maximum Gasteiger partial charge on any atom is 0.180 e. The van der Waals surface area contributed by atoms with Crippen LogP contribution in [-0.4, -0.2) is 23.0 Å². The SMILES string of the molecule is CCCC1CCN(Cc2csc(N)n2)CC1. The summed E-state index contributed by atoms with van der Waals surface area (Å²) >= 11 is 1.54. The highest BCUT2D eigenvalue weighted by Gasteiger charge is 2.18. The van der Waals surface area contributed by atoms with E-state index >= 15 is 0 Å². The molecule has 2 rings (SSSR count). The minimum Gasteiger partial charge on any atom is -0.375 e. The van der Waals surface area contributed by atoms with Crippen molar-refractivity contribution < 1.29 is 0 Å². The van der Waals surface area contributed by atoms with Gasteiger partial charge in [0.15, 0.2) is 5.13 Å². The number of likely N-dealkylation sites (tertiary alicyclic amines) is 1. The molecule has 90 valence electrons. The van der Waals surface area contributed by atoms with Crippen LogP contribution in [0.5, 0.6) is 0 Å². The number of aromatic nitrogens is 1. The van der Waals surface area contributed by atoms with Crippen molar-refractivity contribution in [2.75, 3.05) is 18.8 Å². The Morgan fingerprint density at radius 3 is 2.81 bits per heavy atom. The number of rotatable bonds is 4. The zero-order valence-corrected chi connectivity index (χ0v) is 10.8. The highest BCUT2D eigenvalue weighted by atomic mass is 32.1. The van der Waals surface area contributed by atoms with Crippen molar-refractivity contribution in [2.24, 2.45) is 5.92 Å². The van der Waals surface area contributed by atoms with Crippen LogP contribution >= 0.6 is 11.3 Å². The van der Waals surface area contributed by atoms with Gasteiger partial charge in [0.2, 0.25) is 0 Å². The number of anilines is 1. The maximum absolute atomic E-state index is 5.63. The van der Waals surface area contributed by atoms with Gasteiger partial charge in [-0.1, -0.05) is 19.8 Å². The van der Waals surface area contributed by atoms with E-state index in [1.807, 2.05) is 0 Å². The van der Waals surface area contributed by atoms with Crippen LogP contribution in [-0.2, 0) is 6.54 Å². The average Bonchev–Trinajstić information content (AvgIpc) is 2.67. The molecular formula is C12H21N3S. The van der Waals surface area contributed by atoms with Gasteiger partial charge in [-0.15, -0.1) is 11.3 Å². The lowest BCUT2D eigenvalue weighted by Crippen LogP contribution is -2.33. The molecule has 1 saturated heterocycles. The van der Waals surface area contributed by atoms with Crippen LogP contribution in [0.3, 0.4) is 0 Å². The lowest BCUT2D eigenvalue weighted by atomic mass is 9.92. The molecule has 1 fully saturated rings. The Kier molecular flexibility index (Phi) is 4.18. The molecule has 2 N–H and O–H groups in total. The first-order valence-electron chi connectivity index (χ1n) is 6.20. The van der Waals surface area contributed by atoms with Crippen molar-refractivity contribution >= 4 is 16.5 Å². The van der Waals surface area contributed by atoms with Gasteiger partial charge in [0.25, 0.3) is 0 Å². The molecule has 0 radical (unpaired) electrons. The molecule has 1 aliphatic heterocycles. The molecule has 4 heteroatoms. The van der Waals surface area contributed by atoms with Crippen LogP contribution in [0.4, 0.5) is 5.13 Å². The third-order valence-electron chi connectivity index (χ3n) is 3.36. The normalized spacial score (nSPS) is 19.1. The first-order valence-corrected chi connectivity index (χ1v) is 7.08. The van der Waals surface area contributed by atoms with Crippen molar-refractivity contribution in [2.45, 2.75) is 39.2 Å². The summed E-state index contributed by atoms with van der Waals surface area (Å²) in [6.07, 6.45) is 5.44. The van der Waals surface area contributed by atoms with Crippen LogP contribution < -0.4 is 5.73 Å². The van der Waals surface area contributed by atoms with Gasteiger partial charge < -0.3 is 5.73 Å². The fraction of sp³-hybridized carbons (Fsp3) is 0.750. The molecule has 1 aromatic heterocycles. The summed E-state index contributed by atoms with van der Waals surface area (Å²) in [6, 6.07) is 0. The second kappa shape index (κ2) is 5.64. The van der Waals surface area contributed by atoms with Crippen molar-refractivity contribution in [3.8, 4) is 0 Å². The molecule has 0 amide bonds. The Balaban J connectivity index is 1.77. The Morgan fingerprint density at radius 1 is 1.50 bits per heavy atom. The molecule has 0 spiro atoms. The molecule has 3 nitrogen and oxygen atoms in total. The lowest BCUT2D eigenvalue weighted by molar-refractivity contribution is 0.170. The Labute approximate surface area is 102 Å². The smallest absolute Gasteiger partial charge is 0.180 e. The number of hydrogen-bond acceptors (Lipinski definition) is 4. The Hall–Kier alpha value is -0.610. The highest BCUT2D eigenvalue weighted by Crippen LogP contribution is 2.23. The van der Waals surface area contributed by atoms with E-state index < -0.39 is 0 Å². The van der Waals surface area contributed by atoms with Gasteiger partial charge in [0.05, 0.1) is 5.69 Å². The highest BCUT2D eigenvalue weighted by molar-refractivity contribution is 7.13. The number of piperidine rings is 1. The van der Waals surface area contributed by atoms with Crippen LogP contribution in [0.1, 0.15) is 38.3 Å². The van der Waals surface area contributed by atoms with Crippen molar-refractivity contribution in [3.05, 3.63) is 11.1 Å². The maximum atomic E-state index is 5.63. The molecule has 16 heavy (non-hydrogen) atoms. The lowest BCUT2D eigenvalue weighted by Gasteiger charge is -2.31. The fourth-order valence-electron chi connectivity index (χ4n) is 2.47. The first-order chi connectivity index (χ1) is 7.78. The summed E-state index contributed by atoms with van der Waals surface area (Å²) in [6.45, 7) is 5.71. The van der Waals surface area contributed by atoms with Gasteiger partial charge in [-0.2, -0.15) is 0 Å². The predicted octanol–water partition coefficient (Wildman–Crippen LogP) is 2.74. The van der Waals surface area contributed by atoms with Crippen molar-refractivity contribution in [1.29, 1.82) is 0 Å². The Morgan fingerprint density at radius 2 is 2.25 bits per heavy atom. The molecule has 0 aliphatic carbocycles. The topological polar surface area (TPSA) is 42.1 Å². The number of nitrogen functional groups attached to an aromatic ring is 1. The van der Waals surface area contributed by atoms with Crippen molar-refractivity contribution in [3.63, 3.8) is 0 Å². The summed E-state index contributed by atoms with van der Waals surface area (Å²) in [5, 5.41) is 2.77. The molecule has 0 saturated carbocycles. The summed E-state index contributed by atoms with van der Waals surface area (Å²) in [4.78, 5) is 6.82. The second-order valence-corrected chi connectivity index (χ2v) is 5.57. The molecule has 1 aromatic rings. The zero-order valence-electron chi connectivity index (χ0n) is 9.98. The number of thiazole rings is 1. The molecule has 0 atom stereocenters. The zero-order chi connectivity index (χ0) is 11.4. The first kappa shape index (κ1) is 11.9.